The molecule has 5 heteroatoms. The topological polar surface area (TPSA) is 43.9 Å². The average Bonchev–Trinajstić information content (AvgIpc) is 3.39. The molecule has 4 aliphatic rings. The van der Waals surface area contributed by atoms with Crippen LogP contribution in [0.5, 0.6) is 0 Å². The Morgan fingerprint density at radius 2 is 1.32 bits per heavy atom. The summed E-state index contributed by atoms with van der Waals surface area (Å²) in [4.78, 5) is 32.2. The predicted octanol–water partition coefficient (Wildman–Crippen LogP) is 2.11. The van der Waals surface area contributed by atoms with Crippen molar-refractivity contribution >= 4 is 11.8 Å². The molecule has 2 saturated carbocycles. The number of nitrogens with zero attached hydrogens (tertiary/aromatic N) is 3. The van der Waals surface area contributed by atoms with E-state index in [1.165, 1.54) is 32.1 Å². The van der Waals surface area contributed by atoms with Gasteiger partial charge in [0.25, 0.3) is 0 Å². The summed E-state index contributed by atoms with van der Waals surface area (Å²) in [5.74, 6) is 1.58. The maximum Gasteiger partial charge on any atom is 0.240 e. The molecule has 0 spiro atoms. The Kier molecular flexibility index (Phi) is 5.30. The number of amides is 2. The van der Waals surface area contributed by atoms with Gasteiger partial charge in [-0.25, -0.2) is 0 Å². The molecule has 25 heavy (non-hydrogen) atoms. The SMILES string of the molecule is O=C(C1CC1)N1CCN(C(C(=O)N2CCCCC2)C2CCCC2)CC1. The molecular formula is C20H33N3O2. The van der Waals surface area contributed by atoms with Gasteiger partial charge in [-0.2, -0.15) is 0 Å². The van der Waals surface area contributed by atoms with E-state index >= 15 is 0 Å². The fourth-order valence-corrected chi connectivity index (χ4v) is 5.04. The molecule has 2 saturated heterocycles. The lowest BCUT2D eigenvalue weighted by molar-refractivity contribution is -0.142. The van der Waals surface area contributed by atoms with E-state index in [0.717, 1.165) is 65.0 Å². The largest absolute Gasteiger partial charge is 0.341 e. The van der Waals surface area contributed by atoms with Crippen LogP contribution in [0.2, 0.25) is 0 Å². The molecule has 4 fully saturated rings. The normalized spacial score (nSPS) is 27.5. The number of carbonyl (C=O) groups excluding carboxylic acids is 2. The third-order valence-electron chi connectivity index (χ3n) is 6.71. The van der Waals surface area contributed by atoms with E-state index in [1.54, 1.807) is 0 Å². The molecule has 4 rings (SSSR count). The zero-order valence-corrected chi connectivity index (χ0v) is 15.5. The van der Waals surface area contributed by atoms with Gasteiger partial charge in [-0.1, -0.05) is 12.8 Å². The zero-order chi connectivity index (χ0) is 17.2. The molecule has 2 aliphatic heterocycles. The lowest BCUT2D eigenvalue weighted by Gasteiger charge is -2.43. The molecular weight excluding hydrogens is 314 g/mol. The molecule has 0 aromatic carbocycles. The van der Waals surface area contributed by atoms with E-state index in [9.17, 15) is 9.59 Å². The highest BCUT2D eigenvalue weighted by molar-refractivity contribution is 5.83. The van der Waals surface area contributed by atoms with Crippen LogP contribution in [0.3, 0.4) is 0 Å². The smallest absolute Gasteiger partial charge is 0.240 e. The molecule has 2 amide bonds. The van der Waals surface area contributed by atoms with E-state index < -0.39 is 0 Å². The molecule has 0 N–H and O–H groups in total. The minimum Gasteiger partial charge on any atom is -0.341 e. The van der Waals surface area contributed by atoms with Crippen LogP contribution in [0.15, 0.2) is 0 Å². The number of piperidine rings is 1. The Hall–Kier alpha value is -1.10. The number of hydrogen-bond donors (Lipinski definition) is 0. The van der Waals surface area contributed by atoms with Gasteiger partial charge in [0.05, 0.1) is 6.04 Å². The van der Waals surface area contributed by atoms with Crippen molar-refractivity contribution in [3.8, 4) is 0 Å². The van der Waals surface area contributed by atoms with Crippen molar-refractivity contribution in [2.24, 2.45) is 11.8 Å². The second-order valence-corrected chi connectivity index (χ2v) is 8.51. The van der Waals surface area contributed by atoms with Crippen LogP contribution >= 0.6 is 0 Å². The van der Waals surface area contributed by atoms with E-state index in [2.05, 4.69) is 9.80 Å². The van der Waals surface area contributed by atoms with E-state index in [4.69, 9.17) is 0 Å². The Balaban J connectivity index is 1.41. The van der Waals surface area contributed by atoms with Crippen LogP contribution in [0, 0.1) is 11.8 Å². The standard InChI is InChI=1S/C20H33N3O2/c24-19(17-8-9-17)23-14-12-21(13-15-23)18(16-6-2-3-7-16)20(25)22-10-4-1-5-11-22/h16-18H,1-15H2. The summed E-state index contributed by atoms with van der Waals surface area (Å²) in [7, 11) is 0. The van der Waals surface area contributed by atoms with Gasteiger partial charge in [-0.3, -0.25) is 14.5 Å². The average molecular weight is 348 g/mol. The molecule has 0 aromatic rings. The maximum absolute atomic E-state index is 13.3. The van der Waals surface area contributed by atoms with Gasteiger partial charge in [-0.15, -0.1) is 0 Å². The van der Waals surface area contributed by atoms with Crippen LogP contribution in [-0.4, -0.2) is 71.8 Å². The summed E-state index contributed by atoms with van der Waals surface area (Å²) in [5.41, 5.74) is 0. The fourth-order valence-electron chi connectivity index (χ4n) is 5.04. The predicted molar refractivity (Wildman–Crippen MR) is 97.1 cm³/mol. The number of rotatable bonds is 4. The first-order chi connectivity index (χ1) is 12.2. The van der Waals surface area contributed by atoms with Gasteiger partial charge in [-0.05, 0) is 50.9 Å². The minimum absolute atomic E-state index is 0.0683. The summed E-state index contributed by atoms with van der Waals surface area (Å²) in [6, 6.07) is 0.0683. The van der Waals surface area contributed by atoms with E-state index in [1.807, 2.05) is 4.90 Å². The minimum atomic E-state index is 0.0683. The number of piperazine rings is 1. The Morgan fingerprint density at radius 3 is 1.92 bits per heavy atom. The molecule has 2 heterocycles. The molecule has 5 nitrogen and oxygen atoms in total. The molecule has 1 atom stereocenters. The maximum atomic E-state index is 13.3. The van der Waals surface area contributed by atoms with Gasteiger partial charge >= 0.3 is 0 Å². The van der Waals surface area contributed by atoms with Crippen molar-refractivity contribution in [1.29, 1.82) is 0 Å². The Labute approximate surface area is 151 Å². The van der Waals surface area contributed by atoms with Crippen molar-refractivity contribution in [3.05, 3.63) is 0 Å². The van der Waals surface area contributed by atoms with Crippen LogP contribution in [-0.2, 0) is 9.59 Å². The fraction of sp³-hybridized carbons (Fsp3) is 0.900. The molecule has 2 aliphatic carbocycles. The second-order valence-electron chi connectivity index (χ2n) is 8.51. The number of likely N-dealkylation sites (tertiary alicyclic amines) is 1. The highest BCUT2D eigenvalue weighted by Crippen LogP contribution is 2.34. The monoisotopic (exact) mass is 347 g/mol. The summed E-state index contributed by atoms with van der Waals surface area (Å²) in [5, 5.41) is 0. The van der Waals surface area contributed by atoms with Crippen LogP contribution < -0.4 is 0 Å². The quantitative estimate of drug-likeness (QED) is 0.782. The Bertz CT molecular complexity index is 485. The molecule has 1 unspecified atom stereocenters. The summed E-state index contributed by atoms with van der Waals surface area (Å²) >= 11 is 0. The van der Waals surface area contributed by atoms with E-state index in [0.29, 0.717) is 23.7 Å². The van der Waals surface area contributed by atoms with Gasteiger partial charge < -0.3 is 9.80 Å². The first kappa shape index (κ1) is 17.3. The van der Waals surface area contributed by atoms with Gasteiger partial charge in [0.2, 0.25) is 11.8 Å². The highest BCUT2D eigenvalue weighted by Gasteiger charge is 2.41. The first-order valence-electron chi connectivity index (χ1n) is 10.6. The van der Waals surface area contributed by atoms with Crippen molar-refractivity contribution in [2.45, 2.75) is 63.8 Å². The zero-order valence-electron chi connectivity index (χ0n) is 15.5. The second kappa shape index (κ2) is 7.65. The Morgan fingerprint density at radius 1 is 0.680 bits per heavy atom. The lowest BCUT2D eigenvalue weighted by atomic mass is 9.93. The van der Waals surface area contributed by atoms with Crippen molar-refractivity contribution < 1.29 is 9.59 Å². The lowest BCUT2D eigenvalue weighted by Crippen LogP contribution is -2.59. The van der Waals surface area contributed by atoms with Gasteiger partial charge in [0.1, 0.15) is 0 Å². The van der Waals surface area contributed by atoms with Crippen LogP contribution in [0.1, 0.15) is 57.8 Å². The molecule has 0 aromatic heterocycles. The van der Waals surface area contributed by atoms with Crippen LogP contribution in [0.4, 0.5) is 0 Å². The first-order valence-corrected chi connectivity index (χ1v) is 10.6. The van der Waals surface area contributed by atoms with Gasteiger partial charge in [0, 0.05) is 45.2 Å². The van der Waals surface area contributed by atoms with Gasteiger partial charge in [0.15, 0.2) is 0 Å². The van der Waals surface area contributed by atoms with Crippen molar-refractivity contribution in [2.75, 3.05) is 39.3 Å². The molecule has 0 radical (unpaired) electrons. The molecule has 140 valence electrons. The highest BCUT2D eigenvalue weighted by atomic mass is 16.2. The summed E-state index contributed by atoms with van der Waals surface area (Å²) in [6.07, 6.45) is 10.7. The molecule has 0 bridgehead atoms. The summed E-state index contributed by atoms with van der Waals surface area (Å²) < 4.78 is 0. The van der Waals surface area contributed by atoms with E-state index in [-0.39, 0.29) is 6.04 Å². The number of hydrogen-bond acceptors (Lipinski definition) is 3. The third-order valence-corrected chi connectivity index (χ3v) is 6.71. The summed E-state index contributed by atoms with van der Waals surface area (Å²) in [6.45, 7) is 5.26. The number of carbonyl (C=O) groups is 2. The van der Waals surface area contributed by atoms with Crippen LogP contribution in [0.25, 0.3) is 0 Å². The van der Waals surface area contributed by atoms with Crippen molar-refractivity contribution in [1.82, 2.24) is 14.7 Å². The van der Waals surface area contributed by atoms with Crippen molar-refractivity contribution in [3.63, 3.8) is 0 Å². The third kappa shape index (κ3) is 3.86.